The first-order valence-corrected chi connectivity index (χ1v) is 6.73. The fraction of sp³-hybridized carbons (Fsp3) is 0.500. The van der Waals surface area contributed by atoms with Gasteiger partial charge in [0.2, 0.25) is 5.91 Å². The SMILES string of the molecule is FC(F)(F)Oc1ccccc1.NNC(=O)C1CCCCC1. The smallest absolute Gasteiger partial charge is 0.406 e. The van der Waals surface area contributed by atoms with E-state index in [2.05, 4.69) is 10.2 Å². The number of benzene rings is 1. The predicted octanol–water partition coefficient (Wildman–Crippen LogP) is 3.14. The van der Waals surface area contributed by atoms with Crippen molar-refractivity contribution in [1.29, 1.82) is 0 Å². The van der Waals surface area contributed by atoms with Gasteiger partial charge >= 0.3 is 6.36 Å². The lowest BCUT2D eigenvalue weighted by Gasteiger charge is -2.19. The third-order valence-electron chi connectivity index (χ3n) is 3.10. The summed E-state index contributed by atoms with van der Waals surface area (Å²) in [5.41, 5.74) is 2.20. The molecule has 1 aromatic rings. The number of hydrogen-bond acceptors (Lipinski definition) is 3. The molecule has 21 heavy (non-hydrogen) atoms. The van der Waals surface area contributed by atoms with Gasteiger partial charge < -0.3 is 4.74 Å². The van der Waals surface area contributed by atoms with Crippen LogP contribution in [0.5, 0.6) is 5.75 Å². The van der Waals surface area contributed by atoms with Crippen molar-refractivity contribution in [2.24, 2.45) is 11.8 Å². The Hall–Kier alpha value is -1.76. The van der Waals surface area contributed by atoms with Gasteiger partial charge in [0.25, 0.3) is 0 Å². The van der Waals surface area contributed by atoms with Crippen LogP contribution in [-0.4, -0.2) is 12.3 Å². The standard InChI is InChI=1S/C7H5F3O.C7H14N2O/c8-7(9,10)11-6-4-2-1-3-5-6;8-9-7(10)6-4-2-1-3-5-6/h1-5H;6H,1-5,8H2,(H,9,10). The van der Waals surface area contributed by atoms with Gasteiger partial charge in [0.05, 0.1) is 0 Å². The fourth-order valence-electron chi connectivity index (χ4n) is 2.10. The van der Waals surface area contributed by atoms with Crippen molar-refractivity contribution in [1.82, 2.24) is 5.43 Å². The molecule has 0 aliphatic heterocycles. The molecule has 1 amide bonds. The molecular weight excluding hydrogens is 285 g/mol. The molecule has 0 atom stereocenters. The normalized spacial score (nSPS) is 15.6. The van der Waals surface area contributed by atoms with E-state index in [1.54, 1.807) is 6.07 Å². The first-order valence-electron chi connectivity index (χ1n) is 6.73. The Bertz CT molecular complexity index is 418. The van der Waals surface area contributed by atoms with Crippen LogP contribution >= 0.6 is 0 Å². The highest BCUT2D eigenvalue weighted by atomic mass is 19.4. The summed E-state index contributed by atoms with van der Waals surface area (Å²) in [7, 11) is 0. The number of alkyl halides is 3. The molecule has 0 radical (unpaired) electrons. The number of amides is 1. The minimum atomic E-state index is -4.60. The molecule has 0 spiro atoms. The highest BCUT2D eigenvalue weighted by Crippen LogP contribution is 2.23. The molecule has 3 N–H and O–H groups in total. The zero-order valence-electron chi connectivity index (χ0n) is 11.5. The molecule has 0 bridgehead atoms. The molecular formula is C14H19F3N2O2. The number of ether oxygens (including phenoxy) is 1. The topological polar surface area (TPSA) is 64.3 Å². The number of hydrazine groups is 1. The van der Waals surface area contributed by atoms with Crippen LogP contribution in [0.15, 0.2) is 30.3 Å². The average molecular weight is 304 g/mol. The number of rotatable bonds is 2. The van der Waals surface area contributed by atoms with Gasteiger partial charge in [-0.3, -0.25) is 10.2 Å². The van der Waals surface area contributed by atoms with Crippen LogP contribution in [0.25, 0.3) is 0 Å². The maximum atomic E-state index is 11.5. The Balaban J connectivity index is 0.000000211. The summed E-state index contributed by atoms with van der Waals surface area (Å²) >= 11 is 0. The van der Waals surface area contributed by atoms with Gasteiger partial charge in [-0.1, -0.05) is 37.5 Å². The van der Waals surface area contributed by atoms with E-state index < -0.39 is 6.36 Å². The summed E-state index contributed by atoms with van der Waals surface area (Å²) < 4.78 is 38.2. The van der Waals surface area contributed by atoms with Gasteiger partial charge in [0, 0.05) is 5.92 Å². The molecule has 7 heteroatoms. The van der Waals surface area contributed by atoms with Crippen molar-refractivity contribution < 1.29 is 22.7 Å². The second-order valence-electron chi connectivity index (χ2n) is 4.70. The molecule has 118 valence electrons. The number of para-hydroxylation sites is 1. The van der Waals surface area contributed by atoms with Crippen molar-refractivity contribution in [3.05, 3.63) is 30.3 Å². The van der Waals surface area contributed by atoms with Gasteiger partial charge in [-0.05, 0) is 25.0 Å². The summed E-state index contributed by atoms with van der Waals surface area (Å²) in [6.45, 7) is 0. The number of halogens is 3. The Morgan fingerprint density at radius 1 is 1.14 bits per heavy atom. The minimum Gasteiger partial charge on any atom is -0.406 e. The molecule has 1 fully saturated rings. The van der Waals surface area contributed by atoms with Gasteiger partial charge in [0.15, 0.2) is 0 Å². The quantitative estimate of drug-likeness (QED) is 0.501. The van der Waals surface area contributed by atoms with E-state index in [4.69, 9.17) is 5.84 Å². The zero-order chi connectivity index (χ0) is 15.7. The molecule has 0 saturated heterocycles. The number of carbonyl (C=O) groups excluding carboxylic acids is 1. The van der Waals surface area contributed by atoms with Crippen LogP contribution in [0.3, 0.4) is 0 Å². The van der Waals surface area contributed by atoms with E-state index in [9.17, 15) is 18.0 Å². The third kappa shape index (κ3) is 7.55. The molecule has 2 rings (SSSR count). The summed E-state index contributed by atoms with van der Waals surface area (Å²) in [5.74, 6) is 5.02. The van der Waals surface area contributed by atoms with Crippen LogP contribution in [0, 0.1) is 5.92 Å². The lowest BCUT2D eigenvalue weighted by molar-refractivity contribution is -0.274. The van der Waals surface area contributed by atoms with Crippen LogP contribution in [0.2, 0.25) is 0 Å². The van der Waals surface area contributed by atoms with Crippen molar-refractivity contribution in [2.75, 3.05) is 0 Å². The Morgan fingerprint density at radius 2 is 1.71 bits per heavy atom. The van der Waals surface area contributed by atoms with Crippen LogP contribution in [0.4, 0.5) is 13.2 Å². The fourth-order valence-corrected chi connectivity index (χ4v) is 2.10. The zero-order valence-corrected chi connectivity index (χ0v) is 11.5. The van der Waals surface area contributed by atoms with Crippen LogP contribution in [0.1, 0.15) is 32.1 Å². The number of nitrogens with one attached hydrogen (secondary N) is 1. The van der Waals surface area contributed by atoms with E-state index in [1.807, 2.05) is 0 Å². The van der Waals surface area contributed by atoms with Gasteiger partial charge in [-0.25, -0.2) is 5.84 Å². The molecule has 1 saturated carbocycles. The average Bonchev–Trinajstić information content (AvgIpc) is 2.47. The summed E-state index contributed by atoms with van der Waals surface area (Å²) in [4.78, 5) is 10.9. The van der Waals surface area contributed by atoms with Crippen LogP contribution in [-0.2, 0) is 4.79 Å². The largest absolute Gasteiger partial charge is 0.573 e. The lowest BCUT2D eigenvalue weighted by Crippen LogP contribution is -2.36. The Kier molecular flexibility index (Phi) is 7.01. The van der Waals surface area contributed by atoms with Crippen molar-refractivity contribution in [3.8, 4) is 5.75 Å². The highest BCUT2D eigenvalue weighted by molar-refractivity contribution is 5.77. The molecule has 0 heterocycles. The minimum absolute atomic E-state index is 0.0136. The second-order valence-corrected chi connectivity index (χ2v) is 4.70. The summed E-state index contributed by atoms with van der Waals surface area (Å²) in [6, 6.07) is 7.05. The molecule has 1 aromatic carbocycles. The van der Waals surface area contributed by atoms with E-state index in [-0.39, 0.29) is 17.6 Å². The molecule has 0 unspecified atom stereocenters. The summed E-state index contributed by atoms with van der Waals surface area (Å²) in [6.07, 6.45) is 1.07. The number of nitrogens with two attached hydrogens (primary N) is 1. The highest BCUT2D eigenvalue weighted by Gasteiger charge is 2.30. The maximum absolute atomic E-state index is 11.5. The Morgan fingerprint density at radius 3 is 2.19 bits per heavy atom. The van der Waals surface area contributed by atoms with E-state index in [1.165, 1.54) is 43.5 Å². The van der Waals surface area contributed by atoms with Gasteiger partial charge in [-0.15, -0.1) is 13.2 Å². The van der Waals surface area contributed by atoms with Gasteiger partial charge in [-0.2, -0.15) is 0 Å². The Labute approximate surface area is 121 Å². The van der Waals surface area contributed by atoms with E-state index in [0.717, 1.165) is 12.8 Å². The summed E-state index contributed by atoms with van der Waals surface area (Å²) in [5, 5.41) is 0. The second kappa shape index (κ2) is 8.51. The first kappa shape index (κ1) is 17.3. The molecule has 0 aromatic heterocycles. The predicted molar refractivity (Wildman–Crippen MR) is 72.0 cm³/mol. The monoisotopic (exact) mass is 304 g/mol. The van der Waals surface area contributed by atoms with Gasteiger partial charge in [0.1, 0.15) is 5.75 Å². The van der Waals surface area contributed by atoms with Crippen molar-refractivity contribution >= 4 is 5.91 Å². The lowest BCUT2D eigenvalue weighted by atomic mass is 9.89. The van der Waals surface area contributed by atoms with Crippen molar-refractivity contribution in [2.45, 2.75) is 38.5 Å². The number of hydrogen-bond donors (Lipinski definition) is 2. The van der Waals surface area contributed by atoms with E-state index in [0.29, 0.717) is 0 Å². The molecule has 1 aliphatic carbocycles. The van der Waals surface area contributed by atoms with E-state index >= 15 is 0 Å². The first-order chi connectivity index (χ1) is 9.92. The third-order valence-corrected chi connectivity index (χ3v) is 3.10. The molecule has 1 aliphatic rings. The van der Waals surface area contributed by atoms with Crippen LogP contribution < -0.4 is 16.0 Å². The maximum Gasteiger partial charge on any atom is 0.573 e. The number of carbonyl (C=O) groups is 1. The molecule has 4 nitrogen and oxygen atoms in total. The van der Waals surface area contributed by atoms with Crippen molar-refractivity contribution in [3.63, 3.8) is 0 Å².